The first-order valence-electron chi connectivity index (χ1n) is 11.7. The molecule has 4 rings (SSSR count). The number of anilines is 1. The topological polar surface area (TPSA) is 64.4 Å². The molecule has 0 saturated heterocycles. The van der Waals surface area contributed by atoms with Crippen LogP contribution in [0.2, 0.25) is 5.02 Å². The Hall–Kier alpha value is -2.34. The molecule has 0 N–H and O–H groups in total. The molecule has 172 valence electrons. The van der Waals surface area contributed by atoms with Gasteiger partial charge in [0.05, 0.1) is 17.8 Å². The Morgan fingerprint density at radius 3 is 2.44 bits per heavy atom. The van der Waals surface area contributed by atoms with Gasteiger partial charge in [0.25, 0.3) is 5.56 Å². The summed E-state index contributed by atoms with van der Waals surface area (Å²) in [6.07, 6.45) is 6.94. The molecule has 1 aromatic carbocycles. The Bertz CT molecular complexity index is 1070. The summed E-state index contributed by atoms with van der Waals surface area (Å²) >= 11 is 6.41. The lowest BCUT2D eigenvalue weighted by atomic mass is 9.83. The SMILES string of the molecule is CCC1C(=O)c2c(nc(C3CCCCC3)n(-c3ccc(OC)c(Cl)c3)c2=O)N(C)C1CC. The summed E-state index contributed by atoms with van der Waals surface area (Å²) in [4.78, 5) is 34.6. The second-order valence-corrected chi connectivity index (χ2v) is 9.34. The smallest absolute Gasteiger partial charge is 0.271 e. The first-order valence-corrected chi connectivity index (χ1v) is 12.1. The quantitative estimate of drug-likeness (QED) is 0.603. The Kier molecular flexibility index (Phi) is 6.61. The molecule has 2 aliphatic rings. The van der Waals surface area contributed by atoms with Crippen LogP contribution in [-0.2, 0) is 0 Å². The maximum atomic E-state index is 14.0. The molecule has 0 spiro atoms. The summed E-state index contributed by atoms with van der Waals surface area (Å²) in [6, 6.07) is 5.35. The van der Waals surface area contributed by atoms with Crippen molar-refractivity contribution in [2.75, 3.05) is 19.1 Å². The molecule has 1 aliphatic heterocycles. The molecular formula is C25H32ClN3O3. The number of halogens is 1. The van der Waals surface area contributed by atoms with Crippen LogP contribution in [0.3, 0.4) is 0 Å². The standard InChI is InChI=1S/C25H32ClN3O3/c1-5-17-19(6-2)28(3)24-21(22(17)30)25(31)29(16-12-13-20(32-4)18(26)14-16)23(27-24)15-10-8-7-9-11-15/h12-15,17,19H,5-11H2,1-4H3. The molecular weight excluding hydrogens is 426 g/mol. The second kappa shape index (κ2) is 9.26. The van der Waals surface area contributed by atoms with Crippen molar-refractivity contribution in [2.45, 2.75) is 70.8 Å². The van der Waals surface area contributed by atoms with Gasteiger partial charge in [-0.2, -0.15) is 0 Å². The summed E-state index contributed by atoms with van der Waals surface area (Å²) < 4.78 is 6.92. The van der Waals surface area contributed by atoms with E-state index < -0.39 is 0 Å². The fourth-order valence-electron chi connectivity index (χ4n) is 5.48. The van der Waals surface area contributed by atoms with E-state index in [1.807, 2.05) is 20.0 Å². The first kappa shape index (κ1) is 22.8. The van der Waals surface area contributed by atoms with Crippen molar-refractivity contribution in [3.8, 4) is 11.4 Å². The molecule has 0 radical (unpaired) electrons. The number of fused-ring (bicyclic) bond motifs is 1. The number of aromatic nitrogens is 2. The molecule has 7 heteroatoms. The Labute approximate surface area is 194 Å². The van der Waals surface area contributed by atoms with E-state index in [0.29, 0.717) is 28.7 Å². The van der Waals surface area contributed by atoms with Gasteiger partial charge in [-0.15, -0.1) is 0 Å². The molecule has 32 heavy (non-hydrogen) atoms. The van der Waals surface area contributed by atoms with Gasteiger partial charge >= 0.3 is 0 Å². The number of carbonyl (C=O) groups is 1. The fourth-order valence-corrected chi connectivity index (χ4v) is 5.73. The predicted octanol–water partition coefficient (Wildman–Crippen LogP) is 5.38. The maximum absolute atomic E-state index is 14.0. The second-order valence-electron chi connectivity index (χ2n) is 8.93. The van der Waals surface area contributed by atoms with Crippen LogP contribution in [0.5, 0.6) is 5.75 Å². The highest BCUT2D eigenvalue weighted by molar-refractivity contribution is 6.32. The fraction of sp³-hybridized carbons (Fsp3) is 0.560. The van der Waals surface area contributed by atoms with Crippen molar-refractivity contribution in [3.05, 3.63) is 45.0 Å². The number of nitrogens with zero attached hydrogens (tertiary/aromatic N) is 3. The van der Waals surface area contributed by atoms with E-state index >= 15 is 0 Å². The zero-order valence-corrected chi connectivity index (χ0v) is 20.1. The van der Waals surface area contributed by atoms with Crippen LogP contribution in [0.15, 0.2) is 23.0 Å². The minimum atomic E-state index is -0.290. The minimum absolute atomic E-state index is 0.0531. The van der Waals surface area contributed by atoms with Crippen molar-refractivity contribution in [1.29, 1.82) is 0 Å². The summed E-state index contributed by atoms with van der Waals surface area (Å²) in [7, 11) is 3.53. The van der Waals surface area contributed by atoms with Gasteiger partial charge in [-0.3, -0.25) is 14.2 Å². The lowest BCUT2D eigenvalue weighted by molar-refractivity contribution is 0.0879. The number of benzene rings is 1. The van der Waals surface area contributed by atoms with Gasteiger partial charge < -0.3 is 9.64 Å². The summed E-state index contributed by atoms with van der Waals surface area (Å²) in [6.45, 7) is 4.10. The van der Waals surface area contributed by atoms with Gasteiger partial charge in [0.1, 0.15) is 23.0 Å². The zero-order chi connectivity index (χ0) is 23.0. The molecule has 0 bridgehead atoms. The lowest BCUT2D eigenvalue weighted by Crippen LogP contribution is -2.50. The van der Waals surface area contributed by atoms with Crippen LogP contribution >= 0.6 is 11.6 Å². The van der Waals surface area contributed by atoms with Gasteiger partial charge in [0, 0.05) is 24.9 Å². The largest absolute Gasteiger partial charge is 0.495 e. The third kappa shape index (κ3) is 3.72. The molecule has 2 atom stereocenters. The minimum Gasteiger partial charge on any atom is -0.495 e. The number of hydrogen-bond donors (Lipinski definition) is 0. The van der Waals surface area contributed by atoms with E-state index in [-0.39, 0.29) is 34.8 Å². The van der Waals surface area contributed by atoms with E-state index in [1.165, 1.54) is 6.42 Å². The van der Waals surface area contributed by atoms with Crippen LogP contribution in [0.25, 0.3) is 5.69 Å². The highest BCUT2D eigenvalue weighted by atomic mass is 35.5. The van der Waals surface area contributed by atoms with Crippen LogP contribution in [0.1, 0.15) is 80.9 Å². The molecule has 1 fully saturated rings. The summed E-state index contributed by atoms with van der Waals surface area (Å²) in [5.41, 5.74) is 0.537. The van der Waals surface area contributed by atoms with Crippen LogP contribution in [0, 0.1) is 5.92 Å². The van der Waals surface area contributed by atoms with Crippen molar-refractivity contribution < 1.29 is 9.53 Å². The van der Waals surface area contributed by atoms with E-state index in [4.69, 9.17) is 21.3 Å². The van der Waals surface area contributed by atoms with Gasteiger partial charge in [0.2, 0.25) is 0 Å². The molecule has 2 heterocycles. The zero-order valence-electron chi connectivity index (χ0n) is 19.4. The first-order chi connectivity index (χ1) is 15.4. The van der Waals surface area contributed by atoms with Crippen molar-refractivity contribution in [2.24, 2.45) is 5.92 Å². The van der Waals surface area contributed by atoms with E-state index in [1.54, 1.807) is 23.8 Å². The van der Waals surface area contributed by atoms with Crippen LogP contribution < -0.4 is 15.2 Å². The average molecular weight is 458 g/mol. The van der Waals surface area contributed by atoms with Crippen LogP contribution in [0.4, 0.5) is 5.82 Å². The van der Waals surface area contributed by atoms with E-state index in [0.717, 1.165) is 37.9 Å². The van der Waals surface area contributed by atoms with Crippen molar-refractivity contribution >= 4 is 23.2 Å². The number of methoxy groups -OCH3 is 1. The number of ketones is 1. The highest BCUT2D eigenvalue weighted by Gasteiger charge is 2.41. The molecule has 2 aromatic rings. The van der Waals surface area contributed by atoms with Crippen molar-refractivity contribution in [1.82, 2.24) is 9.55 Å². The van der Waals surface area contributed by atoms with E-state index in [2.05, 4.69) is 11.8 Å². The summed E-state index contributed by atoms with van der Waals surface area (Å²) in [5.74, 6) is 1.69. The predicted molar refractivity (Wildman–Crippen MR) is 128 cm³/mol. The molecule has 6 nitrogen and oxygen atoms in total. The Morgan fingerprint density at radius 2 is 1.84 bits per heavy atom. The number of rotatable bonds is 5. The molecule has 0 amide bonds. The van der Waals surface area contributed by atoms with Gasteiger partial charge in [-0.25, -0.2) is 4.98 Å². The van der Waals surface area contributed by atoms with E-state index in [9.17, 15) is 9.59 Å². The molecule has 1 aromatic heterocycles. The lowest BCUT2D eigenvalue weighted by Gasteiger charge is -2.39. The maximum Gasteiger partial charge on any atom is 0.271 e. The van der Waals surface area contributed by atoms with Gasteiger partial charge in [-0.05, 0) is 43.9 Å². The van der Waals surface area contributed by atoms with Crippen LogP contribution in [-0.4, -0.2) is 35.5 Å². The summed E-state index contributed by atoms with van der Waals surface area (Å²) in [5, 5.41) is 0.421. The highest BCUT2D eigenvalue weighted by Crippen LogP contribution is 2.38. The molecule has 1 aliphatic carbocycles. The van der Waals surface area contributed by atoms with Gasteiger partial charge in [-0.1, -0.05) is 44.7 Å². The Morgan fingerprint density at radius 1 is 1.12 bits per heavy atom. The number of carbonyl (C=O) groups excluding carboxylic acids is 1. The monoisotopic (exact) mass is 457 g/mol. The number of ether oxygens (including phenoxy) is 1. The number of hydrogen-bond acceptors (Lipinski definition) is 5. The average Bonchev–Trinajstić information content (AvgIpc) is 2.81. The Balaban J connectivity index is 1.98. The van der Waals surface area contributed by atoms with Gasteiger partial charge in [0.15, 0.2) is 5.78 Å². The molecule has 2 unspecified atom stereocenters. The van der Waals surface area contributed by atoms with Crippen molar-refractivity contribution in [3.63, 3.8) is 0 Å². The third-order valence-corrected chi connectivity index (χ3v) is 7.49. The third-order valence-electron chi connectivity index (χ3n) is 7.19. The number of Topliss-reactive ketones (excluding diaryl/α,β-unsaturated/α-hetero) is 1. The normalized spacial score (nSPS) is 21.5. The molecule has 1 saturated carbocycles.